The van der Waals surface area contributed by atoms with Crippen LogP contribution in [0, 0.1) is 0 Å². The Hall–Kier alpha value is -1.51. The minimum atomic E-state index is -0.400. The molecule has 7 nitrogen and oxygen atoms in total. The van der Waals surface area contributed by atoms with E-state index in [2.05, 4.69) is 10.3 Å². The first-order valence-electron chi connectivity index (χ1n) is 7.25. The maximum absolute atomic E-state index is 12.6. The number of thiazole rings is 1. The maximum atomic E-state index is 12.6. The number of aromatic nitrogens is 1. The van der Waals surface area contributed by atoms with Crippen LogP contribution in [-0.4, -0.2) is 73.0 Å². The highest BCUT2D eigenvalue weighted by molar-refractivity contribution is 7.09. The first kappa shape index (κ1) is 16.9. The summed E-state index contributed by atoms with van der Waals surface area (Å²) >= 11 is 1.51. The second-order valence-corrected chi connectivity index (χ2v) is 6.20. The maximum Gasteiger partial charge on any atom is 0.237 e. The molecule has 1 atom stereocenters. The number of rotatable bonds is 7. The lowest BCUT2D eigenvalue weighted by molar-refractivity contribution is -0.139. The van der Waals surface area contributed by atoms with Gasteiger partial charge in [0.25, 0.3) is 0 Å². The minimum Gasteiger partial charge on any atom is -0.383 e. The number of carbonyl (C=O) groups excluding carboxylic acids is 2. The topological polar surface area (TPSA) is 74.8 Å². The van der Waals surface area contributed by atoms with Crippen molar-refractivity contribution < 1.29 is 14.3 Å². The number of piperazine rings is 1. The molecule has 2 heterocycles. The Balaban J connectivity index is 1.99. The SMILES string of the molecule is COCCN(Cc1nccs1)C(=O)CC1C(=O)NCCN1C. The summed E-state index contributed by atoms with van der Waals surface area (Å²) in [5.74, 6) is -0.135. The quantitative estimate of drug-likeness (QED) is 0.760. The Kier molecular flexibility index (Phi) is 6.29. The third-order valence-corrected chi connectivity index (χ3v) is 4.46. The average Bonchev–Trinajstić information content (AvgIpc) is 3.00. The fourth-order valence-electron chi connectivity index (χ4n) is 2.36. The Bertz CT molecular complexity index is 494. The van der Waals surface area contributed by atoms with E-state index in [-0.39, 0.29) is 18.2 Å². The van der Waals surface area contributed by atoms with Gasteiger partial charge >= 0.3 is 0 Å². The zero-order chi connectivity index (χ0) is 15.9. The Morgan fingerprint density at radius 3 is 3.09 bits per heavy atom. The van der Waals surface area contributed by atoms with Crippen LogP contribution in [0.4, 0.5) is 0 Å². The average molecular weight is 326 g/mol. The number of ether oxygens (including phenoxy) is 1. The molecule has 1 aliphatic heterocycles. The number of carbonyl (C=O) groups is 2. The lowest BCUT2D eigenvalue weighted by atomic mass is 10.1. The zero-order valence-corrected chi connectivity index (χ0v) is 13.8. The van der Waals surface area contributed by atoms with Gasteiger partial charge in [-0.15, -0.1) is 11.3 Å². The monoisotopic (exact) mass is 326 g/mol. The smallest absolute Gasteiger partial charge is 0.237 e. The van der Waals surface area contributed by atoms with Crippen LogP contribution in [0.3, 0.4) is 0 Å². The summed E-state index contributed by atoms with van der Waals surface area (Å²) in [6.45, 7) is 2.80. The van der Waals surface area contributed by atoms with Crippen LogP contribution in [0.5, 0.6) is 0 Å². The van der Waals surface area contributed by atoms with Gasteiger partial charge in [0.1, 0.15) is 5.01 Å². The standard InChI is InChI=1S/C14H22N4O3S/c1-17-5-3-16-14(20)11(17)9-13(19)18(6-7-21-2)10-12-15-4-8-22-12/h4,8,11H,3,5-7,9-10H2,1-2H3,(H,16,20). The van der Waals surface area contributed by atoms with Gasteiger partial charge in [0, 0.05) is 38.3 Å². The van der Waals surface area contributed by atoms with Crippen LogP contribution >= 0.6 is 11.3 Å². The molecular formula is C14H22N4O3S. The van der Waals surface area contributed by atoms with Crippen molar-refractivity contribution in [3.8, 4) is 0 Å². The molecule has 1 aromatic rings. The molecule has 2 rings (SSSR count). The summed E-state index contributed by atoms with van der Waals surface area (Å²) in [5, 5.41) is 5.58. The summed E-state index contributed by atoms with van der Waals surface area (Å²) in [7, 11) is 3.48. The molecule has 8 heteroatoms. The van der Waals surface area contributed by atoms with E-state index in [1.54, 1.807) is 18.2 Å². The number of nitrogens with one attached hydrogen (secondary N) is 1. The van der Waals surface area contributed by atoms with Gasteiger partial charge in [0.15, 0.2) is 0 Å². The molecule has 0 aliphatic carbocycles. The number of amides is 2. The molecule has 1 N–H and O–H groups in total. The van der Waals surface area contributed by atoms with Crippen LogP contribution in [0.25, 0.3) is 0 Å². The third-order valence-electron chi connectivity index (χ3n) is 3.69. The van der Waals surface area contributed by atoms with Gasteiger partial charge in [-0.2, -0.15) is 0 Å². The Labute approximate surface area is 134 Å². The van der Waals surface area contributed by atoms with Gasteiger partial charge in [0.2, 0.25) is 11.8 Å². The van der Waals surface area contributed by atoms with E-state index in [0.29, 0.717) is 26.2 Å². The van der Waals surface area contributed by atoms with E-state index in [4.69, 9.17) is 4.74 Å². The van der Waals surface area contributed by atoms with Crippen LogP contribution in [0.2, 0.25) is 0 Å². The summed E-state index contributed by atoms with van der Waals surface area (Å²) in [4.78, 5) is 32.4. The van der Waals surface area contributed by atoms with Crippen molar-refractivity contribution in [2.75, 3.05) is 40.4 Å². The van der Waals surface area contributed by atoms with E-state index >= 15 is 0 Å². The molecule has 1 fully saturated rings. The third kappa shape index (κ3) is 4.49. The van der Waals surface area contributed by atoms with Gasteiger partial charge in [-0.05, 0) is 7.05 Å². The summed E-state index contributed by atoms with van der Waals surface area (Å²) in [6.07, 6.45) is 1.90. The number of methoxy groups -OCH3 is 1. The lowest BCUT2D eigenvalue weighted by Gasteiger charge is -2.32. The predicted molar refractivity (Wildman–Crippen MR) is 83.5 cm³/mol. The van der Waals surface area contributed by atoms with Gasteiger partial charge < -0.3 is 15.0 Å². The molecule has 1 aliphatic rings. The number of nitrogens with zero attached hydrogens (tertiary/aromatic N) is 3. The minimum absolute atomic E-state index is 0.0545. The van der Waals surface area contributed by atoms with Crippen molar-refractivity contribution in [1.29, 1.82) is 0 Å². The molecule has 122 valence electrons. The molecule has 22 heavy (non-hydrogen) atoms. The van der Waals surface area contributed by atoms with E-state index in [9.17, 15) is 9.59 Å². The molecule has 0 spiro atoms. The Morgan fingerprint density at radius 1 is 1.64 bits per heavy atom. The van der Waals surface area contributed by atoms with Crippen LogP contribution in [-0.2, 0) is 20.9 Å². The van der Waals surface area contributed by atoms with E-state index in [1.807, 2.05) is 17.3 Å². The van der Waals surface area contributed by atoms with E-state index in [0.717, 1.165) is 11.6 Å². The van der Waals surface area contributed by atoms with Gasteiger partial charge in [0.05, 0.1) is 25.6 Å². The first-order chi connectivity index (χ1) is 10.6. The number of hydrogen-bond donors (Lipinski definition) is 1. The second-order valence-electron chi connectivity index (χ2n) is 5.23. The number of hydrogen-bond acceptors (Lipinski definition) is 6. The number of likely N-dealkylation sites (N-methyl/N-ethyl adjacent to an activating group) is 1. The molecule has 0 saturated carbocycles. The highest BCUT2D eigenvalue weighted by Gasteiger charge is 2.30. The molecule has 2 amide bonds. The predicted octanol–water partition coefficient (Wildman–Crippen LogP) is -0.0616. The second kappa shape index (κ2) is 8.21. The fraction of sp³-hybridized carbons (Fsp3) is 0.643. The van der Waals surface area contributed by atoms with Crippen molar-refractivity contribution >= 4 is 23.2 Å². The molecular weight excluding hydrogens is 304 g/mol. The van der Waals surface area contributed by atoms with Gasteiger partial charge in [-0.3, -0.25) is 14.5 Å². The zero-order valence-electron chi connectivity index (χ0n) is 12.9. The molecule has 0 aromatic carbocycles. The van der Waals surface area contributed by atoms with Gasteiger partial charge in [-0.1, -0.05) is 0 Å². The molecule has 1 saturated heterocycles. The van der Waals surface area contributed by atoms with Crippen LogP contribution in [0.15, 0.2) is 11.6 Å². The molecule has 1 aromatic heterocycles. The van der Waals surface area contributed by atoms with Crippen LogP contribution in [0.1, 0.15) is 11.4 Å². The lowest BCUT2D eigenvalue weighted by Crippen LogP contribution is -2.55. The van der Waals surface area contributed by atoms with Crippen molar-refractivity contribution in [1.82, 2.24) is 20.1 Å². The fourth-order valence-corrected chi connectivity index (χ4v) is 2.99. The summed E-state index contributed by atoms with van der Waals surface area (Å²) in [6, 6.07) is -0.400. The molecule has 0 radical (unpaired) electrons. The summed E-state index contributed by atoms with van der Waals surface area (Å²) in [5.41, 5.74) is 0. The molecule has 1 unspecified atom stereocenters. The Morgan fingerprint density at radius 2 is 2.45 bits per heavy atom. The normalized spacial score (nSPS) is 19.0. The van der Waals surface area contributed by atoms with Crippen LogP contribution < -0.4 is 5.32 Å². The van der Waals surface area contributed by atoms with Crippen molar-refractivity contribution in [2.24, 2.45) is 0 Å². The van der Waals surface area contributed by atoms with Crippen molar-refractivity contribution in [3.63, 3.8) is 0 Å². The first-order valence-corrected chi connectivity index (χ1v) is 8.13. The summed E-state index contributed by atoms with van der Waals surface area (Å²) < 4.78 is 5.07. The van der Waals surface area contributed by atoms with Crippen molar-refractivity contribution in [3.05, 3.63) is 16.6 Å². The van der Waals surface area contributed by atoms with Crippen molar-refractivity contribution in [2.45, 2.75) is 19.0 Å². The molecule has 0 bridgehead atoms. The highest BCUT2D eigenvalue weighted by Crippen LogP contribution is 2.13. The van der Waals surface area contributed by atoms with E-state index in [1.165, 1.54) is 11.3 Å². The van der Waals surface area contributed by atoms with Gasteiger partial charge in [-0.25, -0.2) is 4.98 Å². The largest absolute Gasteiger partial charge is 0.383 e. The van der Waals surface area contributed by atoms with E-state index < -0.39 is 6.04 Å². The highest BCUT2D eigenvalue weighted by atomic mass is 32.1.